The van der Waals surface area contributed by atoms with E-state index in [1.807, 2.05) is 47.4 Å². The highest BCUT2D eigenvalue weighted by atomic mass is 16.6. The van der Waals surface area contributed by atoms with Crippen molar-refractivity contribution in [1.82, 2.24) is 4.90 Å². The van der Waals surface area contributed by atoms with Gasteiger partial charge in [-0.05, 0) is 37.1 Å². The van der Waals surface area contributed by atoms with Crippen LogP contribution in [-0.2, 0) is 6.54 Å². The maximum absolute atomic E-state index is 13.1. The first-order chi connectivity index (χ1) is 11.7. The fraction of sp³-hybridized carbons (Fsp3) is 0.350. The lowest BCUT2D eigenvalue weighted by molar-refractivity contribution is 0.0670. The van der Waals surface area contributed by atoms with Crippen LogP contribution in [0.4, 0.5) is 0 Å². The Morgan fingerprint density at radius 1 is 1.08 bits per heavy atom. The third-order valence-corrected chi connectivity index (χ3v) is 4.37. The van der Waals surface area contributed by atoms with Gasteiger partial charge < -0.3 is 14.4 Å². The van der Waals surface area contributed by atoms with Crippen LogP contribution in [0.1, 0.15) is 36.2 Å². The normalized spacial score (nSPS) is 14.1. The van der Waals surface area contributed by atoms with Crippen LogP contribution in [0.3, 0.4) is 0 Å². The molecule has 0 aliphatic carbocycles. The molecule has 24 heavy (non-hydrogen) atoms. The van der Waals surface area contributed by atoms with Gasteiger partial charge in [0.25, 0.3) is 5.91 Å². The van der Waals surface area contributed by atoms with Crippen LogP contribution in [0.15, 0.2) is 48.5 Å². The number of benzene rings is 2. The molecule has 0 spiro atoms. The van der Waals surface area contributed by atoms with Crippen molar-refractivity contribution in [3.8, 4) is 11.5 Å². The van der Waals surface area contributed by atoms with Gasteiger partial charge in [0.1, 0.15) is 13.2 Å². The summed E-state index contributed by atoms with van der Waals surface area (Å²) in [4.78, 5) is 15.0. The monoisotopic (exact) mass is 325 g/mol. The predicted molar refractivity (Wildman–Crippen MR) is 93.5 cm³/mol. The van der Waals surface area contributed by atoms with Gasteiger partial charge >= 0.3 is 0 Å². The van der Waals surface area contributed by atoms with Crippen LogP contribution in [-0.4, -0.2) is 30.1 Å². The minimum atomic E-state index is 0.0187. The summed E-state index contributed by atoms with van der Waals surface area (Å²) in [7, 11) is 0. The molecule has 4 heteroatoms. The molecular weight excluding hydrogens is 302 g/mol. The van der Waals surface area contributed by atoms with Gasteiger partial charge in [-0.15, -0.1) is 0 Å². The van der Waals surface area contributed by atoms with Crippen molar-refractivity contribution in [2.24, 2.45) is 0 Å². The standard InChI is InChI=1S/C20H23NO3/c1-3-15(2)21(14-16-7-5-4-6-8-16)20(22)17-9-10-18-19(13-17)24-12-11-23-18/h4-10,13,15H,3,11-12,14H2,1-2H3. The Kier molecular flexibility index (Phi) is 5.04. The van der Waals surface area contributed by atoms with Crippen molar-refractivity contribution >= 4 is 5.91 Å². The van der Waals surface area contributed by atoms with E-state index in [2.05, 4.69) is 13.8 Å². The van der Waals surface area contributed by atoms with Crippen LogP contribution in [0.5, 0.6) is 11.5 Å². The molecule has 1 aliphatic rings. The molecule has 2 aromatic rings. The number of fused-ring (bicyclic) bond motifs is 1. The molecule has 0 radical (unpaired) electrons. The Morgan fingerprint density at radius 2 is 1.79 bits per heavy atom. The van der Waals surface area contributed by atoms with E-state index in [0.717, 1.165) is 12.0 Å². The zero-order valence-electron chi connectivity index (χ0n) is 14.2. The number of ether oxygens (including phenoxy) is 2. The molecule has 1 amide bonds. The first-order valence-corrected chi connectivity index (χ1v) is 8.43. The Bertz CT molecular complexity index is 699. The van der Waals surface area contributed by atoms with Crippen LogP contribution in [0, 0.1) is 0 Å². The van der Waals surface area contributed by atoms with Crippen LogP contribution in [0.2, 0.25) is 0 Å². The topological polar surface area (TPSA) is 38.8 Å². The molecule has 1 aliphatic heterocycles. The number of carbonyl (C=O) groups excluding carboxylic acids is 1. The summed E-state index contributed by atoms with van der Waals surface area (Å²) >= 11 is 0. The third-order valence-electron chi connectivity index (χ3n) is 4.37. The fourth-order valence-electron chi connectivity index (χ4n) is 2.77. The molecule has 0 saturated heterocycles. The number of rotatable bonds is 5. The lowest BCUT2D eigenvalue weighted by Gasteiger charge is -2.29. The zero-order valence-corrected chi connectivity index (χ0v) is 14.2. The molecule has 0 fully saturated rings. The second-order valence-electron chi connectivity index (χ2n) is 6.03. The highest BCUT2D eigenvalue weighted by Gasteiger charge is 2.23. The first-order valence-electron chi connectivity index (χ1n) is 8.43. The molecule has 1 atom stereocenters. The second-order valence-corrected chi connectivity index (χ2v) is 6.03. The van der Waals surface area contributed by atoms with Gasteiger partial charge in [0, 0.05) is 18.2 Å². The zero-order chi connectivity index (χ0) is 16.9. The van der Waals surface area contributed by atoms with Gasteiger partial charge in [-0.25, -0.2) is 0 Å². The average Bonchev–Trinajstić information content (AvgIpc) is 2.65. The van der Waals surface area contributed by atoms with Crippen molar-refractivity contribution in [3.63, 3.8) is 0 Å². The van der Waals surface area contributed by atoms with E-state index < -0.39 is 0 Å². The maximum Gasteiger partial charge on any atom is 0.254 e. The van der Waals surface area contributed by atoms with Gasteiger partial charge in [0.05, 0.1) is 0 Å². The van der Waals surface area contributed by atoms with Crippen LogP contribution >= 0.6 is 0 Å². The summed E-state index contributed by atoms with van der Waals surface area (Å²) in [6, 6.07) is 15.7. The molecule has 0 aromatic heterocycles. The summed E-state index contributed by atoms with van der Waals surface area (Å²) in [5, 5.41) is 0. The summed E-state index contributed by atoms with van der Waals surface area (Å²) in [5.41, 5.74) is 1.76. The van der Waals surface area contributed by atoms with Gasteiger partial charge in [0.2, 0.25) is 0 Å². The number of nitrogens with zero attached hydrogens (tertiary/aromatic N) is 1. The lowest BCUT2D eigenvalue weighted by Crippen LogP contribution is -2.37. The van der Waals surface area contributed by atoms with Crippen LogP contribution in [0.25, 0.3) is 0 Å². The minimum Gasteiger partial charge on any atom is -0.486 e. The van der Waals surface area contributed by atoms with Crippen molar-refractivity contribution in [2.45, 2.75) is 32.9 Å². The summed E-state index contributed by atoms with van der Waals surface area (Å²) in [5.74, 6) is 1.37. The van der Waals surface area contributed by atoms with Gasteiger partial charge in [-0.2, -0.15) is 0 Å². The highest BCUT2D eigenvalue weighted by molar-refractivity contribution is 5.95. The Hall–Kier alpha value is -2.49. The second kappa shape index (κ2) is 7.39. The number of carbonyl (C=O) groups is 1. The first kappa shape index (κ1) is 16.4. The van der Waals surface area contributed by atoms with Crippen molar-refractivity contribution < 1.29 is 14.3 Å². The molecule has 0 saturated carbocycles. The quantitative estimate of drug-likeness (QED) is 0.837. The Labute approximate surface area is 143 Å². The molecule has 4 nitrogen and oxygen atoms in total. The van der Waals surface area contributed by atoms with Crippen LogP contribution < -0.4 is 9.47 Å². The molecule has 0 N–H and O–H groups in total. The predicted octanol–water partition coefficient (Wildman–Crippen LogP) is 3.90. The van der Waals surface area contributed by atoms with E-state index >= 15 is 0 Å². The molecule has 1 unspecified atom stereocenters. The highest BCUT2D eigenvalue weighted by Crippen LogP contribution is 2.31. The maximum atomic E-state index is 13.1. The number of hydrogen-bond acceptors (Lipinski definition) is 3. The van der Waals surface area contributed by atoms with E-state index in [4.69, 9.17) is 9.47 Å². The fourth-order valence-corrected chi connectivity index (χ4v) is 2.77. The Morgan fingerprint density at radius 3 is 2.50 bits per heavy atom. The lowest BCUT2D eigenvalue weighted by atomic mass is 10.1. The van der Waals surface area contributed by atoms with Crippen molar-refractivity contribution in [3.05, 3.63) is 59.7 Å². The van der Waals surface area contributed by atoms with E-state index in [1.54, 1.807) is 6.07 Å². The van der Waals surface area contributed by atoms with Crippen molar-refractivity contribution in [2.75, 3.05) is 13.2 Å². The molecule has 2 aromatic carbocycles. The molecule has 3 rings (SSSR count). The van der Waals surface area contributed by atoms with E-state index in [1.165, 1.54) is 0 Å². The van der Waals surface area contributed by atoms with E-state index in [0.29, 0.717) is 36.8 Å². The third kappa shape index (κ3) is 3.53. The summed E-state index contributed by atoms with van der Waals surface area (Å²) in [6.45, 7) is 5.85. The van der Waals surface area contributed by atoms with Crippen molar-refractivity contribution in [1.29, 1.82) is 0 Å². The molecule has 126 valence electrons. The molecular formula is C20H23NO3. The van der Waals surface area contributed by atoms with E-state index in [9.17, 15) is 4.79 Å². The van der Waals surface area contributed by atoms with Gasteiger partial charge in [0.15, 0.2) is 11.5 Å². The SMILES string of the molecule is CCC(C)N(Cc1ccccc1)C(=O)c1ccc2c(c1)OCCO2. The number of amides is 1. The number of hydrogen-bond donors (Lipinski definition) is 0. The largest absolute Gasteiger partial charge is 0.486 e. The summed E-state index contributed by atoms with van der Waals surface area (Å²) in [6.07, 6.45) is 0.906. The van der Waals surface area contributed by atoms with E-state index in [-0.39, 0.29) is 11.9 Å². The smallest absolute Gasteiger partial charge is 0.254 e. The molecule has 0 bridgehead atoms. The summed E-state index contributed by atoms with van der Waals surface area (Å²) < 4.78 is 11.1. The molecule has 1 heterocycles. The van der Waals surface area contributed by atoms with Gasteiger partial charge in [-0.1, -0.05) is 37.3 Å². The van der Waals surface area contributed by atoms with Gasteiger partial charge in [-0.3, -0.25) is 4.79 Å². The average molecular weight is 325 g/mol. The minimum absolute atomic E-state index is 0.0187. The Balaban J connectivity index is 1.85.